The van der Waals surface area contributed by atoms with Crippen LogP contribution < -0.4 is 10.6 Å². The summed E-state index contributed by atoms with van der Waals surface area (Å²) >= 11 is 0. The number of nitrogens with zero attached hydrogens (tertiary/aromatic N) is 1. The molecule has 1 fully saturated rings. The van der Waals surface area contributed by atoms with E-state index in [1.165, 1.54) is 6.26 Å². The van der Waals surface area contributed by atoms with Crippen LogP contribution in [0, 0.1) is 0 Å². The number of hydrogen-bond acceptors (Lipinski definition) is 4. The molecule has 1 saturated carbocycles. The summed E-state index contributed by atoms with van der Waals surface area (Å²) in [5.41, 5.74) is 7.90. The number of hydrogen-bond donors (Lipinski definition) is 1. The minimum Gasteiger partial charge on any atom is -0.372 e. The van der Waals surface area contributed by atoms with Crippen LogP contribution in [0.3, 0.4) is 0 Å². The van der Waals surface area contributed by atoms with E-state index in [9.17, 15) is 8.42 Å². The number of nitrogens with two attached hydrogens (primary N) is 1. The highest BCUT2D eigenvalue weighted by molar-refractivity contribution is 7.91. The number of benzene rings is 1. The van der Waals surface area contributed by atoms with Crippen LogP contribution in [0.2, 0.25) is 0 Å². The third-order valence-electron chi connectivity index (χ3n) is 4.31. The molecule has 0 saturated heterocycles. The summed E-state index contributed by atoms with van der Waals surface area (Å²) in [7, 11) is -0.887. The third-order valence-corrected chi connectivity index (χ3v) is 5.94. The fraction of sp³-hybridized carbons (Fsp3) is 0.600. The monoisotopic (exact) mass is 296 g/mol. The lowest BCUT2D eigenvalue weighted by molar-refractivity contribution is 0.422. The van der Waals surface area contributed by atoms with Crippen molar-refractivity contribution in [3.05, 3.63) is 29.8 Å². The second-order valence-corrected chi connectivity index (χ2v) is 8.08. The summed E-state index contributed by atoms with van der Waals surface area (Å²) in [6.45, 7) is 0.526. The lowest BCUT2D eigenvalue weighted by atomic mass is 9.93. The highest BCUT2D eigenvalue weighted by Crippen LogP contribution is 2.29. The maximum Gasteiger partial charge on any atom is 0.150 e. The molecular formula is C15H24N2O2S. The Kier molecular flexibility index (Phi) is 4.70. The molecule has 112 valence electrons. The SMILES string of the molecule is CN(c1cccc(CN)c1)C1CCCC(S(C)(=O)=O)C1. The molecule has 20 heavy (non-hydrogen) atoms. The maximum atomic E-state index is 11.8. The normalized spacial score (nSPS) is 23.6. The zero-order chi connectivity index (χ0) is 14.8. The van der Waals surface area contributed by atoms with Gasteiger partial charge in [0.15, 0.2) is 0 Å². The predicted octanol–water partition coefficient (Wildman–Crippen LogP) is 1.94. The van der Waals surface area contributed by atoms with Crippen LogP contribution in [-0.4, -0.2) is 33.0 Å². The molecule has 0 aromatic heterocycles. The van der Waals surface area contributed by atoms with Crippen molar-refractivity contribution < 1.29 is 8.42 Å². The van der Waals surface area contributed by atoms with E-state index >= 15 is 0 Å². The molecule has 0 radical (unpaired) electrons. The zero-order valence-electron chi connectivity index (χ0n) is 12.2. The maximum absolute atomic E-state index is 11.8. The van der Waals surface area contributed by atoms with Crippen molar-refractivity contribution in [2.75, 3.05) is 18.2 Å². The van der Waals surface area contributed by atoms with Gasteiger partial charge in [0.25, 0.3) is 0 Å². The summed E-state index contributed by atoms with van der Waals surface area (Å²) in [6.07, 6.45) is 4.90. The van der Waals surface area contributed by atoms with Gasteiger partial charge in [-0.1, -0.05) is 18.6 Å². The lowest BCUT2D eigenvalue weighted by Gasteiger charge is -2.36. The Morgan fingerprint density at radius 1 is 1.35 bits per heavy atom. The molecule has 2 unspecified atom stereocenters. The number of rotatable bonds is 4. The Labute approximate surface area is 121 Å². The molecule has 0 amide bonds. The molecule has 1 aromatic rings. The van der Waals surface area contributed by atoms with Crippen molar-refractivity contribution in [1.82, 2.24) is 0 Å². The molecule has 0 bridgehead atoms. The molecule has 4 nitrogen and oxygen atoms in total. The van der Waals surface area contributed by atoms with Crippen LogP contribution in [0.4, 0.5) is 5.69 Å². The van der Waals surface area contributed by atoms with E-state index in [0.29, 0.717) is 6.54 Å². The van der Waals surface area contributed by atoms with Crippen molar-refractivity contribution in [3.63, 3.8) is 0 Å². The molecule has 2 atom stereocenters. The molecule has 0 spiro atoms. The summed E-state index contributed by atoms with van der Waals surface area (Å²) in [5, 5.41) is -0.193. The van der Waals surface area contributed by atoms with E-state index in [1.807, 2.05) is 19.2 Å². The molecule has 1 aliphatic carbocycles. The smallest absolute Gasteiger partial charge is 0.150 e. The van der Waals surface area contributed by atoms with Gasteiger partial charge in [0.05, 0.1) is 5.25 Å². The van der Waals surface area contributed by atoms with Crippen LogP contribution in [-0.2, 0) is 16.4 Å². The second-order valence-electron chi connectivity index (χ2n) is 5.76. The van der Waals surface area contributed by atoms with Crippen LogP contribution in [0.15, 0.2) is 24.3 Å². The van der Waals surface area contributed by atoms with Crippen molar-refractivity contribution in [3.8, 4) is 0 Å². The van der Waals surface area contributed by atoms with Gasteiger partial charge in [0.1, 0.15) is 9.84 Å². The minimum absolute atomic E-state index is 0.193. The predicted molar refractivity (Wildman–Crippen MR) is 83.6 cm³/mol. The first-order valence-corrected chi connectivity index (χ1v) is 9.08. The standard InChI is InChI=1S/C15H24N2O2S/c1-17(13-6-3-5-12(9-13)11-16)14-7-4-8-15(10-14)20(2,18)19/h3,5-6,9,14-15H,4,7-8,10-11,16H2,1-2H3. The van der Waals surface area contributed by atoms with Crippen molar-refractivity contribution in [2.45, 2.75) is 43.5 Å². The Bertz CT molecular complexity index is 557. The van der Waals surface area contributed by atoms with Gasteiger partial charge in [-0.05, 0) is 37.0 Å². The van der Waals surface area contributed by atoms with Crippen molar-refractivity contribution in [2.24, 2.45) is 5.73 Å². The van der Waals surface area contributed by atoms with Gasteiger partial charge in [0.2, 0.25) is 0 Å². The summed E-state index contributed by atoms with van der Waals surface area (Å²) in [4.78, 5) is 2.20. The van der Waals surface area contributed by atoms with Gasteiger partial charge in [0, 0.05) is 31.6 Å². The minimum atomic E-state index is -2.93. The molecule has 2 N–H and O–H groups in total. The van der Waals surface area contributed by atoms with Crippen molar-refractivity contribution >= 4 is 15.5 Å². The van der Waals surface area contributed by atoms with Crippen LogP contribution in [0.1, 0.15) is 31.2 Å². The molecule has 5 heteroatoms. The molecule has 1 aromatic carbocycles. The summed E-state index contributed by atoms with van der Waals surface area (Å²) in [5.74, 6) is 0. The Morgan fingerprint density at radius 2 is 2.10 bits per heavy atom. The first-order chi connectivity index (χ1) is 9.41. The van der Waals surface area contributed by atoms with Crippen LogP contribution >= 0.6 is 0 Å². The lowest BCUT2D eigenvalue weighted by Crippen LogP contribution is -2.40. The molecule has 2 rings (SSSR count). The van der Waals surface area contributed by atoms with Gasteiger partial charge >= 0.3 is 0 Å². The van der Waals surface area contributed by atoms with E-state index in [0.717, 1.165) is 36.9 Å². The molecule has 0 heterocycles. The number of sulfone groups is 1. The average molecular weight is 296 g/mol. The van der Waals surface area contributed by atoms with E-state index in [2.05, 4.69) is 17.0 Å². The highest BCUT2D eigenvalue weighted by Gasteiger charge is 2.30. The van der Waals surface area contributed by atoms with E-state index in [-0.39, 0.29) is 11.3 Å². The fourth-order valence-corrected chi connectivity index (χ4v) is 4.14. The number of anilines is 1. The van der Waals surface area contributed by atoms with Gasteiger partial charge in [-0.2, -0.15) is 0 Å². The third kappa shape index (κ3) is 3.52. The van der Waals surface area contributed by atoms with Crippen molar-refractivity contribution in [1.29, 1.82) is 0 Å². The fourth-order valence-electron chi connectivity index (χ4n) is 2.97. The van der Waals surface area contributed by atoms with Gasteiger partial charge < -0.3 is 10.6 Å². The van der Waals surface area contributed by atoms with E-state index in [1.54, 1.807) is 0 Å². The zero-order valence-corrected chi connectivity index (χ0v) is 13.1. The average Bonchev–Trinajstić information content (AvgIpc) is 2.46. The Hall–Kier alpha value is -1.07. The highest BCUT2D eigenvalue weighted by atomic mass is 32.2. The van der Waals surface area contributed by atoms with Gasteiger partial charge in [-0.15, -0.1) is 0 Å². The summed E-state index contributed by atoms with van der Waals surface area (Å²) < 4.78 is 23.5. The summed E-state index contributed by atoms with van der Waals surface area (Å²) in [6, 6.07) is 8.45. The van der Waals surface area contributed by atoms with E-state index < -0.39 is 9.84 Å². The largest absolute Gasteiger partial charge is 0.372 e. The first-order valence-electron chi connectivity index (χ1n) is 7.12. The van der Waals surface area contributed by atoms with Gasteiger partial charge in [-0.25, -0.2) is 8.42 Å². The topological polar surface area (TPSA) is 63.4 Å². The second kappa shape index (κ2) is 6.14. The molecular weight excluding hydrogens is 272 g/mol. The molecule has 0 aliphatic heterocycles. The Balaban J connectivity index is 2.13. The Morgan fingerprint density at radius 3 is 2.75 bits per heavy atom. The van der Waals surface area contributed by atoms with Crippen LogP contribution in [0.5, 0.6) is 0 Å². The van der Waals surface area contributed by atoms with Gasteiger partial charge in [-0.3, -0.25) is 0 Å². The van der Waals surface area contributed by atoms with E-state index in [4.69, 9.17) is 5.73 Å². The van der Waals surface area contributed by atoms with Crippen LogP contribution in [0.25, 0.3) is 0 Å². The first kappa shape index (κ1) is 15.3. The molecule has 1 aliphatic rings. The quantitative estimate of drug-likeness (QED) is 0.922.